The van der Waals surface area contributed by atoms with Gasteiger partial charge >= 0.3 is 0 Å². The second-order valence-corrected chi connectivity index (χ2v) is 3.94. The van der Waals surface area contributed by atoms with Gasteiger partial charge in [-0.15, -0.1) is 0 Å². The summed E-state index contributed by atoms with van der Waals surface area (Å²) in [5.41, 5.74) is 2.94. The van der Waals surface area contributed by atoms with Gasteiger partial charge in [0.1, 0.15) is 5.82 Å². The fourth-order valence-electron chi connectivity index (χ4n) is 1.49. The van der Waals surface area contributed by atoms with E-state index >= 15 is 0 Å². The lowest BCUT2D eigenvalue weighted by atomic mass is 10.2. The summed E-state index contributed by atoms with van der Waals surface area (Å²) >= 11 is 0. The van der Waals surface area contributed by atoms with Crippen LogP contribution in [0.4, 0.5) is 4.39 Å². The van der Waals surface area contributed by atoms with E-state index in [2.05, 4.69) is 15.3 Å². The maximum atomic E-state index is 12.9. The highest BCUT2D eigenvalue weighted by atomic mass is 19.1. The largest absolute Gasteiger partial charge is 0.307 e. The molecule has 2 heterocycles. The molecule has 3 nitrogen and oxygen atoms in total. The van der Waals surface area contributed by atoms with E-state index in [9.17, 15) is 4.39 Å². The van der Waals surface area contributed by atoms with Crippen LogP contribution in [0.15, 0.2) is 36.8 Å². The van der Waals surface area contributed by atoms with Crippen molar-refractivity contribution in [2.24, 2.45) is 0 Å². The van der Waals surface area contributed by atoms with E-state index in [-0.39, 0.29) is 5.82 Å². The minimum Gasteiger partial charge on any atom is -0.307 e. The number of halogens is 1. The summed E-state index contributed by atoms with van der Waals surface area (Å²) in [6, 6.07) is 5.47. The Kier molecular flexibility index (Phi) is 3.77. The molecule has 0 spiro atoms. The molecule has 2 aromatic rings. The number of aryl methyl sites for hydroxylation is 1. The van der Waals surface area contributed by atoms with E-state index in [4.69, 9.17) is 0 Å². The molecule has 88 valence electrons. The third-order valence-corrected chi connectivity index (χ3v) is 2.37. The van der Waals surface area contributed by atoms with Crippen LogP contribution in [0.5, 0.6) is 0 Å². The first-order chi connectivity index (χ1) is 8.24. The van der Waals surface area contributed by atoms with Crippen LogP contribution < -0.4 is 5.32 Å². The zero-order chi connectivity index (χ0) is 12.1. The highest BCUT2D eigenvalue weighted by molar-refractivity contribution is 5.13. The van der Waals surface area contributed by atoms with Crippen LogP contribution in [0.25, 0.3) is 0 Å². The quantitative estimate of drug-likeness (QED) is 0.876. The molecule has 0 atom stereocenters. The van der Waals surface area contributed by atoms with Gasteiger partial charge in [-0.05, 0) is 30.2 Å². The normalized spacial score (nSPS) is 10.5. The summed E-state index contributed by atoms with van der Waals surface area (Å²) < 4.78 is 12.9. The Bertz CT molecular complexity index is 482. The van der Waals surface area contributed by atoms with Crippen molar-refractivity contribution >= 4 is 0 Å². The predicted molar refractivity (Wildman–Crippen MR) is 63.7 cm³/mol. The average Bonchev–Trinajstić information content (AvgIpc) is 2.32. The molecule has 0 saturated heterocycles. The third-order valence-electron chi connectivity index (χ3n) is 2.37. The molecule has 0 aliphatic rings. The third kappa shape index (κ3) is 3.60. The van der Waals surface area contributed by atoms with Crippen molar-refractivity contribution in [1.29, 1.82) is 0 Å². The van der Waals surface area contributed by atoms with Crippen LogP contribution in [0, 0.1) is 12.7 Å². The van der Waals surface area contributed by atoms with Crippen molar-refractivity contribution in [3.8, 4) is 0 Å². The molecule has 0 unspecified atom stereocenters. The Hall–Kier alpha value is -1.81. The molecule has 0 fully saturated rings. The summed E-state index contributed by atoms with van der Waals surface area (Å²) in [5, 5.41) is 3.20. The monoisotopic (exact) mass is 231 g/mol. The fraction of sp³-hybridized carbons (Fsp3) is 0.231. The van der Waals surface area contributed by atoms with E-state index in [1.54, 1.807) is 6.20 Å². The predicted octanol–water partition coefficient (Wildman–Crippen LogP) is 2.21. The highest BCUT2D eigenvalue weighted by Crippen LogP contribution is 2.02. The number of nitrogens with zero attached hydrogens (tertiary/aromatic N) is 2. The van der Waals surface area contributed by atoms with Crippen LogP contribution in [-0.4, -0.2) is 9.97 Å². The van der Waals surface area contributed by atoms with Crippen molar-refractivity contribution in [2.75, 3.05) is 0 Å². The Morgan fingerprint density at radius 3 is 2.76 bits per heavy atom. The first-order valence-electron chi connectivity index (χ1n) is 5.46. The molecular weight excluding hydrogens is 217 g/mol. The first kappa shape index (κ1) is 11.7. The lowest BCUT2D eigenvalue weighted by Gasteiger charge is -2.04. The number of nitrogens with one attached hydrogen (secondary N) is 1. The Morgan fingerprint density at radius 1 is 1.18 bits per heavy atom. The highest BCUT2D eigenvalue weighted by Gasteiger charge is 1.97. The van der Waals surface area contributed by atoms with Gasteiger partial charge in [0.15, 0.2) is 0 Å². The molecule has 0 aromatic carbocycles. The number of hydrogen-bond donors (Lipinski definition) is 1. The molecule has 0 aliphatic heterocycles. The lowest BCUT2D eigenvalue weighted by Crippen LogP contribution is -2.13. The van der Waals surface area contributed by atoms with Crippen LogP contribution in [-0.2, 0) is 13.1 Å². The van der Waals surface area contributed by atoms with Gasteiger partial charge < -0.3 is 5.32 Å². The maximum absolute atomic E-state index is 12.9. The zero-order valence-corrected chi connectivity index (χ0v) is 9.65. The Labute approximate surface area is 99.7 Å². The standard InChI is InChI=1S/C13H14FN3/c1-10-2-3-13(17-5-10)9-16-7-11-4-12(14)8-15-6-11/h2-6,8,16H,7,9H2,1H3. The van der Waals surface area contributed by atoms with Crippen molar-refractivity contribution in [1.82, 2.24) is 15.3 Å². The fourth-order valence-corrected chi connectivity index (χ4v) is 1.49. The maximum Gasteiger partial charge on any atom is 0.141 e. The number of aromatic nitrogens is 2. The molecule has 4 heteroatoms. The van der Waals surface area contributed by atoms with E-state index in [0.717, 1.165) is 16.8 Å². The van der Waals surface area contributed by atoms with Gasteiger partial charge in [-0.25, -0.2) is 4.39 Å². The van der Waals surface area contributed by atoms with E-state index in [0.29, 0.717) is 13.1 Å². The smallest absolute Gasteiger partial charge is 0.141 e. The summed E-state index contributed by atoms with van der Waals surface area (Å²) in [6.07, 6.45) is 4.68. The van der Waals surface area contributed by atoms with Gasteiger partial charge in [0, 0.05) is 25.5 Å². The molecule has 0 aliphatic carbocycles. The van der Waals surface area contributed by atoms with Gasteiger partial charge in [-0.2, -0.15) is 0 Å². The van der Waals surface area contributed by atoms with Gasteiger partial charge in [0.25, 0.3) is 0 Å². The molecule has 0 saturated carbocycles. The summed E-state index contributed by atoms with van der Waals surface area (Å²) in [5.74, 6) is -0.308. The zero-order valence-electron chi connectivity index (χ0n) is 9.65. The topological polar surface area (TPSA) is 37.8 Å². The number of pyridine rings is 2. The van der Waals surface area contributed by atoms with Gasteiger partial charge in [-0.3, -0.25) is 9.97 Å². The van der Waals surface area contributed by atoms with Gasteiger partial charge in [0.2, 0.25) is 0 Å². The van der Waals surface area contributed by atoms with Crippen LogP contribution in [0.3, 0.4) is 0 Å². The number of rotatable bonds is 4. The molecule has 2 rings (SSSR count). The second kappa shape index (κ2) is 5.50. The van der Waals surface area contributed by atoms with Crippen LogP contribution in [0.2, 0.25) is 0 Å². The molecule has 0 amide bonds. The van der Waals surface area contributed by atoms with Crippen molar-refractivity contribution < 1.29 is 4.39 Å². The van der Waals surface area contributed by atoms with E-state index in [1.165, 1.54) is 12.3 Å². The summed E-state index contributed by atoms with van der Waals surface area (Å²) in [4.78, 5) is 8.07. The Balaban J connectivity index is 1.85. The minimum absolute atomic E-state index is 0.308. The van der Waals surface area contributed by atoms with Crippen molar-refractivity contribution in [2.45, 2.75) is 20.0 Å². The van der Waals surface area contributed by atoms with Crippen LogP contribution in [0.1, 0.15) is 16.8 Å². The van der Waals surface area contributed by atoms with Gasteiger partial charge in [0.05, 0.1) is 11.9 Å². The molecular formula is C13H14FN3. The Morgan fingerprint density at radius 2 is 2.06 bits per heavy atom. The lowest BCUT2D eigenvalue weighted by molar-refractivity contribution is 0.611. The molecule has 0 bridgehead atoms. The van der Waals surface area contributed by atoms with Crippen molar-refractivity contribution in [3.05, 3.63) is 59.4 Å². The first-order valence-corrected chi connectivity index (χ1v) is 5.46. The average molecular weight is 231 g/mol. The molecule has 0 radical (unpaired) electrons. The van der Waals surface area contributed by atoms with E-state index in [1.807, 2.05) is 25.3 Å². The molecule has 17 heavy (non-hydrogen) atoms. The minimum atomic E-state index is -0.308. The van der Waals surface area contributed by atoms with Crippen molar-refractivity contribution in [3.63, 3.8) is 0 Å². The second-order valence-electron chi connectivity index (χ2n) is 3.94. The van der Waals surface area contributed by atoms with E-state index < -0.39 is 0 Å². The SMILES string of the molecule is Cc1ccc(CNCc2cncc(F)c2)nc1. The molecule has 1 N–H and O–H groups in total. The van der Waals surface area contributed by atoms with Gasteiger partial charge in [-0.1, -0.05) is 6.07 Å². The number of hydrogen-bond acceptors (Lipinski definition) is 3. The van der Waals surface area contributed by atoms with Crippen LogP contribution >= 0.6 is 0 Å². The molecule has 2 aromatic heterocycles. The summed E-state index contributed by atoms with van der Waals surface area (Å²) in [6.45, 7) is 3.25. The summed E-state index contributed by atoms with van der Waals surface area (Å²) in [7, 11) is 0.